The molecular weight excluding hydrogens is 356 g/mol. The van der Waals surface area contributed by atoms with Gasteiger partial charge < -0.3 is 4.98 Å². The highest BCUT2D eigenvalue weighted by Gasteiger charge is 2.52. The van der Waals surface area contributed by atoms with Crippen molar-refractivity contribution in [2.45, 2.75) is 51.4 Å². The summed E-state index contributed by atoms with van der Waals surface area (Å²) in [6.45, 7) is 9.16. The number of hydrogen-bond donors (Lipinski definition) is 1. The third-order valence-corrected chi connectivity index (χ3v) is 7.11. The van der Waals surface area contributed by atoms with Crippen LogP contribution in [0.5, 0.6) is 0 Å². The molecule has 1 N–H and O–H groups in total. The zero-order chi connectivity index (χ0) is 20.2. The zero-order valence-corrected chi connectivity index (χ0v) is 17.5. The number of rotatable bonds is 2. The van der Waals surface area contributed by atoms with Crippen LogP contribution < -0.4 is 0 Å². The van der Waals surface area contributed by atoms with Gasteiger partial charge in [-0.05, 0) is 51.0 Å². The first-order chi connectivity index (χ1) is 13.9. The third kappa shape index (κ3) is 2.62. The standard InChI is InChI=1S/C25H26N4/c1-16-13-24(3,22-15-26-18-9-5-6-10-19(18)27-22)25(4,14-17(16)2)23-28-20-11-7-8-12-21(20)29-23/h5-12,15H,13-14H2,1-4H3,(H,28,29). The predicted molar refractivity (Wildman–Crippen MR) is 118 cm³/mol. The maximum absolute atomic E-state index is 5.08. The number of para-hydroxylation sites is 4. The molecule has 2 aromatic carbocycles. The molecule has 0 radical (unpaired) electrons. The number of H-pyrrole nitrogens is 1. The van der Waals surface area contributed by atoms with Gasteiger partial charge in [0, 0.05) is 17.0 Å². The molecule has 2 unspecified atom stereocenters. The Labute approximate surface area is 171 Å². The number of benzene rings is 2. The van der Waals surface area contributed by atoms with Crippen molar-refractivity contribution in [3.8, 4) is 0 Å². The normalized spacial score (nSPS) is 25.1. The fourth-order valence-corrected chi connectivity index (χ4v) is 4.91. The quantitative estimate of drug-likeness (QED) is 0.442. The molecule has 0 saturated heterocycles. The number of hydrogen-bond acceptors (Lipinski definition) is 3. The average molecular weight is 383 g/mol. The maximum atomic E-state index is 5.08. The first kappa shape index (κ1) is 18.0. The van der Waals surface area contributed by atoms with Gasteiger partial charge in [0.15, 0.2) is 0 Å². The van der Waals surface area contributed by atoms with Crippen LogP contribution in [0.4, 0.5) is 0 Å². The highest BCUT2D eigenvalue weighted by molar-refractivity contribution is 5.75. The van der Waals surface area contributed by atoms with Crippen LogP contribution >= 0.6 is 0 Å². The smallest absolute Gasteiger partial charge is 0.114 e. The Morgan fingerprint density at radius 1 is 0.759 bits per heavy atom. The fraction of sp³-hybridized carbons (Fsp3) is 0.320. The van der Waals surface area contributed by atoms with Gasteiger partial charge in [0.05, 0.1) is 27.8 Å². The van der Waals surface area contributed by atoms with Gasteiger partial charge in [-0.3, -0.25) is 4.98 Å². The van der Waals surface area contributed by atoms with Crippen molar-refractivity contribution in [2.24, 2.45) is 0 Å². The molecule has 1 aliphatic rings. The molecule has 0 aliphatic heterocycles. The van der Waals surface area contributed by atoms with Crippen molar-refractivity contribution >= 4 is 22.1 Å². The summed E-state index contributed by atoms with van der Waals surface area (Å²) in [5.74, 6) is 1.03. The molecule has 0 saturated carbocycles. The van der Waals surface area contributed by atoms with E-state index in [0.717, 1.165) is 46.4 Å². The SMILES string of the molecule is CC1=C(C)CC(C)(c2nc3ccccc3[nH]2)C(C)(c2cnc3ccccc3n2)C1. The van der Waals surface area contributed by atoms with E-state index < -0.39 is 0 Å². The molecule has 146 valence electrons. The summed E-state index contributed by atoms with van der Waals surface area (Å²) < 4.78 is 0. The van der Waals surface area contributed by atoms with Crippen molar-refractivity contribution in [3.05, 3.63) is 77.4 Å². The highest BCUT2D eigenvalue weighted by atomic mass is 15.0. The minimum Gasteiger partial charge on any atom is -0.341 e. The molecule has 2 aromatic heterocycles. The van der Waals surface area contributed by atoms with E-state index in [-0.39, 0.29) is 10.8 Å². The molecule has 4 aromatic rings. The lowest BCUT2D eigenvalue weighted by atomic mass is 9.55. The van der Waals surface area contributed by atoms with Crippen LogP contribution in [0.2, 0.25) is 0 Å². The lowest BCUT2D eigenvalue weighted by Crippen LogP contribution is -2.49. The van der Waals surface area contributed by atoms with Crippen molar-refractivity contribution in [1.29, 1.82) is 0 Å². The molecule has 0 fully saturated rings. The first-order valence-electron chi connectivity index (χ1n) is 10.2. The monoisotopic (exact) mass is 382 g/mol. The van der Waals surface area contributed by atoms with Crippen LogP contribution in [0.3, 0.4) is 0 Å². The number of fused-ring (bicyclic) bond motifs is 2. The lowest BCUT2D eigenvalue weighted by molar-refractivity contribution is 0.213. The second-order valence-corrected chi connectivity index (χ2v) is 8.92. The van der Waals surface area contributed by atoms with Gasteiger partial charge in [-0.25, -0.2) is 9.97 Å². The van der Waals surface area contributed by atoms with Gasteiger partial charge in [-0.2, -0.15) is 0 Å². The van der Waals surface area contributed by atoms with Gasteiger partial charge in [0.2, 0.25) is 0 Å². The summed E-state index contributed by atoms with van der Waals surface area (Å²) in [5, 5.41) is 0. The highest BCUT2D eigenvalue weighted by Crippen LogP contribution is 2.53. The number of aromatic nitrogens is 4. The van der Waals surface area contributed by atoms with E-state index in [2.05, 4.69) is 50.9 Å². The van der Waals surface area contributed by atoms with Gasteiger partial charge in [-0.15, -0.1) is 0 Å². The summed E-state index contributed by atoms with van der Waals surface area (Å²) in [6, 6.07) is 16.4. The van der Waals surface area contributed by atoms with Gasteiger partial charge >= 0.3 is 0 Å². The van der Waals surface area contributed by atoms with Crippen LogP contribution in [-0.2, 0) is 10.8 Å². The van der Waals surface area contributed by atoms with Crippen LogP contribution in [0, 0.1) is 0 Å². The average Bonchev–Trinajstić information content (AvgIpc) is 3.17. The van der Waals surface area contributed by atoms with E-state index in [0.29, 0.717) is 0 Å². The van der Waals surface area contributed by atoms with Crippen molar-refractivity contribution in [2.75, 3.05) is 0 Å². The van der Waals surface area contributed by atoms with E-state index in [9.17, 15) is 0 Å². The molecule has 0 amide bonds. The Hall–Kier alpha value is -3.01. The molecule has 4 heteroatoms. The van der Waals surface area contributed by atoms with Crippen molar-refractivity contribution in [1.82, 2.24) is 19.9 Å². The molecule has 0 bridgehead atoms. The Morgan fingerprint density at radius 3 is 2.10 bits per heavy atom. The van der Waals surface area contributed by atoms with E-state index in [4.69, 9.17) is 15.0 Å². The van der Waals surface area contributed by atoms with Gasteiger partial charge in [0.1, 0.15) is 5.82 Å². The van der Waals surface area contributed by atoms with Gasteiger partial charge in [-0.1, -0.05) is 49.3 Å². The van der Waals surface area contributed by atoms with E-state index in [1.807, 2.05) is 36.5 Å². The topological polar surface area (TPSA) is 54.5 Å². The number of nitrogens with zero attached hydrogens (tertiary/aromatic N) is 3. The van der Waals surface area contributed by atoms with E-state index in [1.165, 1.54) is 11.1 Å². The third-order valence-electron chi connectivity index (χ3n) is 7.11. The van der Waals surface area contributed by atoms with Crippen molar-refractivity contribution in [3.63, 3.8) is 0 Å². The number of allylic oxidation sites excluding steroid dienone is 2. The summed E-state index contributed by atoms with van der Waals surface area (Å²) in [5.41, 5.74) is 7.46. The second kappa shape index (κ2) is 6.24. The predicted octanol–water partition coefficient (Wildman–Crippen LogP) is 5.85. The fourth-order valence-electron chi connectivity index (χ4n) is 4.91. The Kier molecular flexibility index (Phi) is 3.89. The molecule has 5 rings (SSSR count). The summed E-state index contributed by atoms with van der Waals surface area (Å²) in [6.07, 6.45) is 3.86. The van der Waals surface area contributed by atoms with Crippen LogP contribution in [0.1, 0.15) is 52.1 Å². The first-order valence-corrected chi connectivity index (χ1v) is 10.2. The number of nitrogens with one attached hydrogen (secondary N) is 1. The summed E-state index contributed by atoms with van der Waals surface area (Å²) in [4.78, 5) is 18.5. The molecule has 1 aliphatic carbocycles. The summed E-state index contributed by atoms with van der Waals surface area (Å²) in [7, 11) is 0. The largest absolute Gasteiger partial charge is 0.341 e. The van der Waals surface area contributed by atoms with Crippen LogP contribution in [0.15, 0.2) is 65.9 Å². The molecule has 2 atom stereocenters. The Morgan fingerprint density at radius 2 is 1.38 bits per heavy atom. The summed E-state index contributed by atoms with van der Waals surface area (Å²) >= 11 is 0. The Bertz CT molecular complexity index is 1240. The minimum absolute atomic E-state index is 0.216. The van der Waals surface area contributed by atoms with Crippen molar-refractivity contribution < 1.29 is 0 Å². The minimum atomic E-state index is -0.221. The lowest BCUT2D eigenvalue weighted by Gasteiger charge is -2.49. The second-order valence-electron chi connectivity index (χ2n) is 8.92. The molecular formula is C25H26N4. The van der Waals surface area contributed by atoms with E-state index >= 15 is 0 Å². The van der Waals surface area contributed by atoms with E-state index in [1.54, 1.807) is 0 Å². The Balaban J connectivity index is 1.74. The number of imidazole rings is 1. The molecule has 4 nitrogen and oxygen atoms in total. The molecule has 0 spiro atoms. The molecule has 29 heavy (non-hydrogen) atoms. The van der Waals surface area contributed by atoms with Crippen LogP contribution in [-0.4, -0.2) is 19.9 Å². The van der Waals surface area contributed by atoms with Crippen LogP contribution in [0.25, 0.3) is 22.1 Å². The number of aromatic amines is 1. The maximum Gasteiger partial charge on any atom is 0.114 e. The zero-order valence-electron chi connectivity index (χ0n) is 17.5. The molecule has 2 heterocycles. The van der Waals surface area contributed by atoms with Gasteiger partial charge in [0.25, 0.3) is 0 Å².